The number of methoxy groups -OCH3 is 1. The molecule has 0 fully saturated rings. The van der Waals surface area contributed by atoms with Gasteiger partial charge in [-0.15, -0.1) is 0 Å². The van der Waals surface area contributed by atoms with Gasteiger partial charge in [0.2, 0.25) is 15.9 Å². The third-order valence-corrected chi connectivity index (χ3v) is 4.91. The fourth-order valence-corrected chi connectivity index (χ4v) is 3.29. The van der Waals surface area contributed by atoms with Crippen molar-refractivity contribution in [2.75, 3.05) is 37.4 Å². The van der Waals surface area contributed by atoms with Gasteiger partial charge in [-0.3, -0.25) is 19.2 Å². The summed E-state index contributed by atoms with van der Waals surface area (Å²) in [6.07, 6.45) is 0.921. The van der Waals surface area contributed by atoms with Crippen LogP contribution >= 0.6 is 0 Å². The van der Waals surface area contributed by atoms with Crippen LogP contribution in [0.15, 0.2) is 48.5 Å². The lowest BCUT2D eigenvalue weighted by atomic mass is 10.3. The molecular formula is C18H21N3O7S. The Morgan fingerprint density at radius 3 is 2.48 bits per heavy atom. The second kappa shape index (κ2) is 9.73. The van der Waals surface area contributed by atoms with Gasteiger partial charge in [-0.05, 0) is 18.2 Å². The number of nitrogens with one attached hydrogen (secondary N) is 1. The van der Waals surface area contributed by atoms with Crippen molar-refractivity contribution in [1.82, 2.24) is 5.32 Å². The number of para-hydroxylation sites is 2. The summed E-state index contributed by atoms with van der Waals surface area (Å²) in [5.74, 6) is 0.483. The van der Waals surface area contributed by atoms with Crippen LogP contribution in [0.1, 0.15) is 0 Å². The molecule has 0 saturated heterocycles. The Bertz CT molecular complexity index is 979. The molecule has 1 N–H and O–H groups in total. The maximum Gasteiger partial charge on any atom is 0.271 e. The number of nitro benzene ring substituents is 1. The zero-order chi connectivity index (χ0) is 21.4. The molecule has 0 aromatic heterocycles. The first-order chi connectivity index (χ1) is 13.7. The molecule has 10 nitrogen and oxygen atoms in total. The van der Waals surface area contributed by atoms with E-state index in [1.54, 1.807) is 24.3 Å². The van der Waals surface area contributed by atoms with Gasteiger partial charge in [0.25, 0.3) is 5.69 Å². The molecule has 0 atom stereocenters. The molecule has 0 spiro atoms. The zero-order valence-corrected chi connectivity index (χ0v) is 16.7. The van der Waals surface area contributed by atoms with Crippen LogP contribution in [0.2, 0.25) is 0 Å². The summed E-state index contributed by atoms with van der Waals surface area (Å²) >= 11 is 0. The maximum atomic E-state index is 12.2. The van der Waals surface area contributed by atoms with Gasteiger partial charge < -0.3 is 14.8 Å². The van der Waals surface area contributed by atoms with Crippen LogP contribution in [0.5, 0.6) is 11.5 Å². The molecule has 156 valence electrons. The van der Waals surface area contributed by atoms with Gasteiger partial charge in [0.05, 0.1) is 30.5 Å². The minimum atomic E-state index is -3.84. The normalized spacial score (nSPS) is 10.8. The van der Waals surface area contributed by atoms with Gasteiger partial charge in [0, 0.05) is 12.1 Å². The molecule has 0 heterocycles. The smallest absolute Gasteiger partial charge is 0.271 e. The highest BCUT2D eigenvalue weighted by Gasteiger charge is 2.22. The number of nitro groups is 1. The fourth-order valence-electron chi connectivity index (χ4n) is 2.44. The van der Waals surface area contributed by atoms with E-state index in [4.69, 9.17) is 9.47 Å². The van der Waals surface area contributed by atoms with Crippen LogP contribution in [0.4, 0.5) is 11.4 Å². The summed E-state index contributed by atoms with van der Waals surface area (Å²) < 4.78 is 35.6. The Morgan fingerprint density at radius 2 is 1.86 bits per heavy atom. The summed E-state index contributed by atoms with van der Waals surface area (Å²) in [5, 5.41) is 13.5. The molecule has 0 aliphatic carbocycles. The number of hydrogen-bond donors (Lipinski definition) is 1. The Labute approximate surface area is 168 Å². The topological polar surface area (TPSA) is 128 Å². The number of ether oxygens (including phenoxy) is 2. The third kappa shape index (κ3) is 6.35. The highest BCUT2D eigenvalue weighted by atomic mass is 32.2. The van der Waals surface area contributed by atoms with E-state index in [1.165, 1.54) is 25.3 Å². The van der Waals surface area contributed by atoms with Gasteiger partial charge in [0.1, 0.15) is 13.2 Å². The molecule has 29 heavy (non-hydrogen) atoms. The van der Waals surface area contributed by atoms with Crippen molar-refractivity contribution in [2.24, 2.45) is 0 Å². The van der Waals surface area contributed by atoms with Crippen LogP contribution < -0.4 is 19.1 Å². The van der Waals surface area contributed by atoms with E-state index in [0.717, 1.165) is 16.6 Å². The maximum absolute atomic E-state index is 12.2. The SMILES string of the molecule is COc1ccccc1OCCNC(=O)CN(c1cccc([N+](=O)[O-])c1)S(C)(=O)=O. The molecule has 0 radical (unpaired) electrons. The number of carbonyl (C=O) groups is 1. The first kappa shape index (κ1) is 22.0. The number of carbonyl (C=O) groups excluding carboxylic acids is 1. The monoisotopic (exact) mass is 423 g/mol. The van der Waals surface area contributed by atoms with Crippen molar-refractivity contribution in [3.05, 3.63) is 58.6 Å². The molecule has 0 unspecified atom stereocenters. The van der Waals surface area contributed by atoms with E-state index in [-0.39, 0.29) is 24.5 Å². The lowest BCUT2D eigenvalue weighted by Gasteiger charge is -2.21. The zero-order valence-electron chi connectivity index (χ0n) is 15.9. The molecule has 0 saturated carbocycles. The Balaban J connectivity index is 1.97. The van der Waals surface area contributed by atoms with Crippen molar-refractivity contribution in [2.45, 2.75) is 0 Å². The van der Waals surface area contributed by atoms with E-state index in [0.29, 0.717) is 11.5 Å². The number of benzene rings is 2. The molecule has 11 heteroatoms. The molecular weight excluding hydrogens is 402 g/mol. The lowest BCUT2D eigenvalue weighted by Crippen LogP contribution is -2.41. The van der Waals surface area contributed by atoms with Crippen LogP contribution in [0.3, 0.4) is 0 Å². The van der Waals surface area contributed by atoms with E-state index in [2.05, 4.69) is 5.32 Å². The highest BCUT2D eigenvalue weighted by molar-refractivity contribution is 7.92. The van der Waals surface area contributed by atoms with Crippen LogP contribution in [-0.2, 0) is 14.8 Å². The first-order valence-electron chi connectivity index (χ1n) is 8.47. The number of amides is 1. The van der Waals surface area contributed by atoms with E-state index < -0.39 is 27.4 Å². The molecule has 1 amide bonds. The van der Waals surface area contributed by atoms with Gasteiger partial charge >= 0.3 is 0 Å². The van der Waals surface area contributed by atoms with Crippen molar-refractivity contribution in [3.63, 3.8) is 0 Å². The average molecular weight is 423 g/mol. The number of nitrogens with zero attached hydrogens (tertiary/aromatic N) is 2. The molecule has 0 aliphatic heterocycles. The lowest BCUT2D eigenvalue weighted by molar-refractivity contribution is -0.384. The Morgan fingerprint density at radius 1 is 1.17 bits per heavy atom. The minimum absolute atomic E-state index is 0.0297. The molecule has 2 aromatic carbocycles. The predicted octanol–water partition coefficient (Wildman–Crippen LogP) is 1.56. The van der Waals surface area contributed by atoms with E-state index in [9.17, 15) is 23.3 Å². The second-order valence-electron chi connectivity index (χ2n) is 5.90. The summed E-state index contributed by atoms with van der Waals surface area (Å²) in [5.41, 5.74) is -0.246. The largest absolute Gasteiger partial charge is 0.493 e. The summed E-state index contributed by atoms with van der Waals surface area (Å²) in [6.45, 7) is -0.250. The molecule has 2 aromatic rings. The fraction of sp³-hybridized carbons (Fsp3) is 0.278. The van der Waals surface area contributed by atoms with Gasteiger partial charge in [-0.2, -0.15) is 0 Å². The summed E-state index contributed by atoms with van der Waals surface area (Å²) in [4.78, 5) is 22.5. The van der Waals surface area contributed by atoms with E-state index in [1.807, 2.05) is 0 Å². The van der Waals surface area contributed by atoms with E-state index >= 15 is 0 Å². The quantitative estimate of drug-likeness (QED) is 0.349. The van der Waals surface area contributed by atoms with Crippen LogP contribution in [0, 0.1) is 10.1 Å². The number of sulfonamides is 1. The Hall–Kier alpha value is -3.34. The minimum Gasteiger partial charge on any atom is -0.493 e. The van der Waals surface area contributed by atoms with Crippen molar-refractivity contribution >= 4 is 27.3 Å². The van der Waals surface area contributed by atoms with Crippen molar-refractivity contribution in [1.29, 1.82) is 0 Å². The predicted molar refractivity (Wildman–Crippen MR) is 107 cm³/mol. The van der Waals surface area contributed by atoms with Crippen LogP contribution in [-0.4, -0.2) is 52.3 Å². The number of anilines is 1. The summed E-state index contributed by atoms with van der Waals surface area (Å²) in [7, 11) is -2.32. The van der Waals surface area contributed by atoms with Crippen molar-refractivity contribution < 1.29 is 27.6 Å². The van der Waals surface area contributed by atoms with Gasteiger partial charge in [-0.25, -0.2) is 8.42 Å². The van der Waals surface area contributed by atoms with Gasteiger partial charge in [-0.1, -0.05) is 18.2 Å². The number of hydrogen-bond acceptors (Lipinski definition) is 7. The second-order valence-corrected chi connectivity index (χ2v) is 7.80. The van der Waals surface area contributed by atoms with Crippen molar-refractivity contribution in [3.8, 4) is 11.5 Å². The Kier molecular flexibility index (Phi) is 7.37. The standard InChI is InChI=1S/C18H21N3O7S/c1-27-16-8-3-4-9-17(16)28-11-10-19-18(22)13-20(29(2,25)26)14-6-5-7-15(12-14)21(23)24/h3-9,12H,10-11,13H2,1-2H3,(H,19,22). The third-order valence-electron chi connectivity index (χ3n) is 3.77. The van der Waals surface area contributed by atoms with Gasteiger partial charge in [0.15, 0.2) is 11.5 Å². The summed E-state index contributed by atoms with van der Waals surface area (Å²) in [6, 6.07) is 12.1. The molecule has 0 aliphatic rings. The average Bonchev–Trinajstić information content (AvgIpc) is 2.69. The first-order valence-corrected chi connectivity index (χ1v) is 10.3. The van der Waals surface area contributed by atoms with Crippen LogP contribution in [0.25, 0.3) is 0 Å². The molecule has 0 bridgehead atoms. The molecule has 2 rings (SSSR count). The highest BCUT2D eigenvalue weighted by Crippen LogP contribution is 2.25. The number of rotatable bonds is 10. The number of non-ortho nitro benzene ring substituents is 1.